The Hall–Kier alpha value is -2.24. The molecule has 2 bridgehead atoms. The van der Waals surface area contributed by atoms with E-state index in [0.717, 1.165) is 40.7 Å². The van der Waals surface area contributed by atoms with Crippen molar-refractivity contribution in [3.05, 3.63) is 65.2 Å². The van der Waals surface area contributed by atoms with Gasteiger partial charge in [-0.05, 0) is 47.6 Å². The van der Waals surface area contributed by atoms with Gasteiger partial charge in [-0.1, -0.05) is 45.6 Å². The first-order valence-electron chi connectivity index (χ1n) is 10.1. The van der Waals surface area contributed by atoms with Crippen molar-refractivity contribution in [2.24, 2.45) is 10.8 Å². The van der Waals surface area contributed by atoms with Gasteiger partial charge in [0.1, 0.15) is 0 Å². The highest BCUT2D eigenvalue weighted by molar-refractivity contribution is 7.16. The topological polar surface area (TPSA) is 53.4 Å². The van der Waals surface area contributed by atoms with Crippen molar-refractivity contribution < 1.29 is 9.90 Å². The van der Waals surface area contributed by atoms with Crippen LogP contribution in [-0.4, -0.2) is 40.1 Å². The molecule has 1 aromatic carbocycles. The van der Waals surface area contributed by atoms with Crippen LogP contribution in [0.25, 0.3) is 10.2 Å². The minimum absolute atomic E-state index is 0.0331. The summed E-state index contributed by atoms with van der Waals surface area (Å²) >= 11 is 1.57. The fourth-order valence-corrected chi connectivity index (χ4v) is 5.80. The Bertz CT molecular complexity index is 1030. The van der Waals surface area contributed by atoms with Crippen molar-refractivity contribution in [2.45, 2.75) is 39.7 Å². The van der Waals surface area contributed by atoms with Gasteiger partial charge >= 0.3 is 0 Å². The molecule has 1 aliphatic carbocycles. The van der Waals surface area contributed by atoms with Crippen molar-refractivity contribution in [3.8, 4) is 0 Å². The number of aliphatic hydroxyl groups excluding tert-OH is 1. The molecular weight excluding hydrogens is 380 g/mol. The van der Waals surface area contributed by atoms with E-state index in [4.69, 9.17) is 5.11 Å². The SMILES string of the molecule is C=C1C[C@H]2N(C(=O)c3ccc4ncsc4c3)CC[C@@](C)(/C1=C/C=C\CO)C2(C)C. The molecule has 1 amide bonds. The lowest BCUT2D eigenvalue weighted by Crippen LogP contribution is -2.63. The van der Waals surface area contributed by atoms with E-state index >= 15 is 0 Å². The van der Waals surface area contributed by atoms with E-state index in [1.165, 1.54) is 5.57 Å². The van der Waals surface area contributed by atoms with Crippen LogP contribution in [-0.2, 0) is 0 Å². The summed E-state index contributed by atoms with van der Waals surface area (Å²) in [4.78, 5) is 19.9. The van der Waals surface area contributed by atoms with Crippen molar-refractivity contribution in [2.75, 3.05) is 13.2 Å². The number of aliphatic hydroxyl groups is 1. The Morgan fingerprint density at radius 1 is 1.41 bits per heavy atom. The molecule has 1 aromatic heterocycles. The molecule has 1 aliphatic heterocycles. The first-order chi connectivity index (χ1) is 13.8. The number of hydrogen-bond donors (Lipinski definition) is 1. The summed E-state index contributed by atoms with van der Waals surface area (Å²) in [6.07, 6.45) is 7.44. The van der Waals surface area contributed by atoms with Gasteiger partial charge in [0.15, 0.2) is 0 Å². The third-order valence-corrected chi connectivity index (χ3v) is 8.03. The molecule has 1 saturated carbocycles. The molecule has 2 atom stereocenters. The summed E-state index contributed by atoms with van der Waals surface area (Å²) < 4.78 is 1.05. The van der Waals surface area contributed by atoms with E-state index in [1.54, 1.807) is 17.4 Å². The van der Waals surface area contributed by atoms with Crippen molar-refractivity contribution >= 4 is 27.5 Å². The van der Waals surface area contributed by atoms with Gasteiger partial charge in [0.05, 0.1) is 22.3 Å². The first kappa shape index (κ1) is 20.0. The smallest absolute Gasteiger partial charge is 0.254 e. The molecule has 4 nitrogen and oxygen atoms in total. The summed E-state index contributed by atoms with van der Waals surface area (Å²) in [7, 11) is 0. The van der Waals surface area contributed by atoms with Gasteiger partial charge in [0.25, 0.3) is 5.91 Å². The maximum Gasteiger partial charge on any atom is 0.254 e. The minimum Gasteiger partial charge on any atom is -0.392 e. The molecule has 2 heterocycles. The Morgan fingerprint density at radius 3 is 2.97 bits per heavy atom. The molecule has 2 aliphatic rings. The maximum absolute atomic E-state index is 13.5. The number of piperidine rings is 1. The molecule has 0 unspecified atom stereocenters. The number of aromatic nitrogens is 1. The number of carbonyl (C=O) groups excluding carboxylic acids is 1. The summed E-state index contributed by atoms with van der Waals surface area (Å²) in [5.74, 6) is 0.0980. The number of rotatable bonds is 3. The van der Waals surface area contributed by atoms with Crippen molar-refractivity contribution in [1.82, 2.24) is 9.88 Å². The normalized spacial score (nSPS) is 27.9. The van der Waals surface area contributed by atoms with E-state index in [-0.39, 0.29) is 29.4 Å². The number of hydrogen-bond acceptors (Lipinski definition) is 4. The van der Waals surface area contributed by atoms with Gasteiger partial charge in [-0.3, -0.25) is 4.79 Å². The predicted octanol–water partition coefficient (Wildman–Crippen LogP) is 4.98. The van der Waals surface area contributed by atoms with Crippen LogP contribution in [0.4, 0.5) is 0 Å². The third-order valence-electron chi connectivity index (χ3n) is 7.24. The lowest BCUT2D eigenvalue weighted by Gasteiger charge is -2.61. The molecule has 152 valence electrons. The Balaban J connectivity index is 1.68. The van der Waals surface area contributed by atoms with Gasteiger partial charge in [-0.15, -0.1) is 11.3 Å². The van der Waals surface area contributed by atoms with E-state index < -0.39 is 0 Å². The van der Waals surface area contributed by atoms with Crippen molar-refractivity contribution in [1.29, 1.82) is 0 Å². The molecular formula is C24H28N2O2S. The van der Waals surface area contributed by atoms with Crippen LogP contribution in [0.3, 0.4) is 0 Å². The lowest BCUT2D eigenvalue weighted by molar-refractivity contribution is -0.0482. The highest BCUT2D eigenvalue weighted by atomic mass is 32.1. The zero-order valence-corrected chi connectivity index (χ0v) is 18.1. The molecule has 5 heteroatoms. The fourth-order valence-electron chi connectivity index (χ4n) is 5.08. The van der Waals surface area contributed by atoms with E-state index in [9.17, 15) is 4.79 Å². The highest BCUT2D eigenvalue weighted by Crippen LogP contribution is 2.60. The summed E-state index contributed by atoms with van der Waals surface area (Å²) in [6.45, 7) is 12.0. The molecule has 29 heavy (non-hydrogen) atoms. The average Bonchev–Trinajstić information content (AvgIpc) is 3.15. The highest BCUT2D eigenvalue weighted by Gasteiger charge is 2.57. The molecule has 0 radical (unpaired) electrons. The molecule has 1 N–H and O–H groups in total. The van der Waals surface area contributed by atoms with Crippen LogP contribution in [0.1, 0.15) is 44.0 Å². The van der Waals surface area contributed by atoms with Crippen LogP contribution < -0.4 is 0 Å². The number of thiazole rings is 1. The van der Waals surface area contributed by atoms with Crippen LogP contribution >= 0.6 is 11.3 Å². The number of fused-ring (bicyclic) bond motifs is 3. The number of benzene rings is 1. The van der Waals surface area contributed by atoms with E-state index in [1.807, 2.05) is 29.8 Å². The summed E-state index contributed by atoms with van der Waals surface area (Å²) in [5, 5.41) is 9.08. The third kappa shape index (κ3) is 3.08. The van der Waals surface area contributed by atoms with Crippen molar-refractivity contribution in [3.63, 3.8) is 0 Å². The predicted molar refractivity (Wildman–Crippen MR) is 119 cm³/mol. The zero-order chi connectivity index (χ0) is 20.8. The standard InChI is InChI=1S/C24H28N2O2S/c1-16-13-21-23(2,3)24(4,18(16)7-5-6-12-27)10-11-26(21)22(28)17-8-9-19-20(14-17)29-15-25-19/h5-9,14-15,21,27H,1,10-13H2,2-4H3/b6-5-,18-7+/t21-,24+/m1/s1. The van der Waals surface area contributed by atoms with Crippen LogP contribution in [0.15, 0.2) is 59.7 Å². The average molecular weight is 409 g/mol. The van der Waals surface area contributed by atoms with Gasteiger partial charge in [0.2, 0.25) is 0 Å². The maximum atomic E-state index is 13.5. The number of carbonyl (C=O) groups is 1. The Labute approximate surface area is 176 Å². The monoisotopic (exact) mass is 408 g/mol. The van der Waals surface area contributed by atoms with Crippen LogP contribution in [0.5, 0.6) is 0 Å². The number of amides is 1. The molecule has 4 rings (SSSR count). The second-order valence-corrected chi connectivity index (χ2v) is 9.74. The number of nitrogens with zero attached hydrogens (tertiary/aromatic N) is 2. The largest absolute Gasteiger partial charge is 0.392 e. The Kier molecular flexibility index (Phi) is 4.99. The van der Waals surface area contributed by atoms with Gasteiger partial charge < -0.3 is 10.0 Å². The number of allylic oxidation sites excluding steroid dienone is 3. The van der Waals surface area contributed by atoms with Crippen LogP contribution in [0, 0.1) is 10.8 Å². The summed E-state index contributed by atoms with van der Waals surface area (Å²) in [5.41, 5.74) is 5.68. The zero-order valence-electron chi connectivity index (χ0n) is 17.3. The lowest BCUT2D eigenvalue weighted by atomic mass is 9.49. The quantitative estimate of drug-likeness (QED) is 0.779. The van der Waals surface area contributed by atoms with Gasteiger partial charge in [-0.2, -0.15) is 0 Å². The van der Waals surface area contributed by atoms with E-state index in [0.29, 0.717) is 0 Å². The molecule has 2 fully saturated rings. The summed E-state index contributed by atoms with van der Waals surface area (Å²) in [6, 6.07) is 5.91. The molecule has 1 saturated heterocycles. The van der Waals surface area contributed by atoms with E-state index in [2.05, 4.69) is 43.3 Å². The molecule has 2 aromatic rings. The number of likely N-dealkylation sites (tertiary alicyclic amines) is 1. The Morgan fingerprint density at radius 2 is 2.21 bits per heavy atom. The first-order valence-corrected chi connectivity index (χ1v) is 11.0. The second kappa shape index (κ2) is 7.22. The fraction of sp³-hybridized carbons (Fsp3) is 0.417. The molecule has 0 spiro atoms. The second-order valence-electron chi connectivity index (χ2n) is 8.85. The van der Waals surface area contributed by atoms with Gasteiger partial charge in [0, 0.05) is 23.6 Å². The van der Waals surface area contributed by atoms with Crippen LogP contribution in [0.2, 0.25) is 0 Å². The minimum atomic E-state index is -0.0877. The van der Waals surface area contributed by atoms with Gasteiger partial charge in [-0.25, -0.2) is 4.98 Å².